The van der Waals surface area contributed by atoms with Crippen LogP contribution >= 0.6 is 0 Å². The minimum absolute atomic E-state index is 0.0447. The molecule has 0 amide bonds. The normalized spacial score (nSPS) is 11.2. The van der Waals surface area contributed by atoms with Crippen molar-refractivity contribution in [2.75, 3.05) is 5.32 Å². The van der Waals surface area contributed by atoms with Crippen LogP contribution in [0.4, 0.5) is 23.4 Å². The second-order valence-corrected chi connectivity index (χ2v) is 4.91. The van der Waals surface area contributed by atoms with Crippen molar-refractivity contribution >= 4 is 16.9 Å². The Bertz CT molecular complexity index is 835. The summed E-state index contributed by atoms with van der Waals surface area (Å²) in [5.74, 6) is -1.60. The summed E-state index contributed by atoms with van der Waals surface area (Å²) in [6.07, 6.45) is -1.11. The summed E-state index contributed by atoms with van der Waals surface area (Å²) in [5.41, 5.74) is 1.20. The second-order valence-electron chi connectivity index (χ2n) is 4.91. The molecule has 7 heteroatoms. The van der Waals surface area contributed by atoms with Gasteiger partial charge in [-0.25, -0.2) is 22.5 Å². The SMILES string of the molecule is Fc1cc2ncc(NCc3ccc(C(F)F)cc3)nc2cc1F. The quantitative estimate of drug-likeness (QED) is 0.721. The highest BCUT2D eigenvalue weighted by Crippen LogP contribution is 2.20. The number of halogens is 4. The molecule has 0 saturated heterocycles. The van der Waals surface area contributed by atoms with Gasteiger partial charge >= 0.3 is 0 Å². The lowest BCUT2D eigenvalue weighted by Crippen LogP contribution is -2.02. The van der Waals surface area contributed by atoms with E-state index >= 15 is 0 Å². The first-order valence-electron chi connectivity index (χ1n) is 6.75. The third kappa shape index (κ3) is 3.39. The molecule has 23 heavy (non-hydrogen) atoms. The molecule has 3 nitrogen and oxygen atoms in total. The monoisotopic (exact) mass is 321 g/mol. The van der Waals surface area contributed by atoms with Gasteiger partial charge in [0.15, 0.2) is 11.6 Å². The standard InChI is InChI=1S/C16H11F4N3/c17-11-5-13-14(6-12(11)18)23-15(8-21-13)22-7-9-1-3-10(4-2-9)16(19)20/h1-6,8,16H,7H2,(H,22,23). The van der Waals surface area contributed by atoms with Gasteiger partial charge in [0.05, 0.1) is 17.2 Å². The topological polar surface area (TPSA) is 37.8 Å². The number of nitrogens with zero attached hydrogens (tertiary/aromatic N) is 2. The van der Waals surface area contributed by atoms with E-state index in [2.05, 4.69) is 15.3 Å². The molecule has 2 aromatic carbocycles. The molecule has 0 saturated carbocycles. The van der Waals surface area contributed by atoms with Gasteiger partial charge in [-0.1, -0.05) is 24.3 Å². The molecule has 0 aliphatic carbocycles. The Morgan fingerprint density at radius 2 is 1.61 bits per heavy atom. The van der Waals surface area contributed by atoms with E-state index in [0.717, 1.165) is 17.7 Å². The van der Waals surface area contributed by atoms with Crippen LogP contribution in [0.3, 0.4) is 0 Å². The Hall–Kier alpha value is -2.70. The van der Waals surface area contributed by atoms with Crippen LogP contribution in [0.15, 0.2) is 42.6 Å². The number of rotatable bonds is 4. The number of hydrogen-bond donors (Lipinski definition) is 1. The van der Waals surface area contributed by atoms with Crippen molar-refractivity contribution in [2.24, 2.45) is 0 Å². The lowest BCUT2D eigenvalue weighted by molar-refractivity contribution is 0.151. The minimum atomic E-state index is -2.50. The Balaban J connectivity index is 1.75. The average Bonchev–Trinajstić information content (AvgIpc) is 2.54. The second kappa shape index (κ2) is 6.20. The summed E-state index contributed by atoms with van der Waals surface area (Å²) in [4.78, 5) is 8.14. The van der Waals surface area contributed by atoms with E-state index in [0.29, 0.717) is 12.4 Å². The molecule has 0 aliphatic heterocycles. The van der Waals surface area contributed by atoms with Gasteiger partial charge in [-0.2, -0.15) is 0 Å². The molecule has 0 bridgehead atoms. The Labute approximate surface area is 129 Å². The molecule has 118 valence electrons. The van der Waals surface area contributed by atoms with Gasteiger partial charge in [-0.05, 0) is 5.56 Å². The highest BCUT2D eigenvalue weighted by atomic mass is 19.3. The van der Waals surface area contributed by atoms with Gasteiger partial charge in [-0.15, -0.1) is 0 Å². The number of hydrogen-bond acceptors (Lipinski definition) is 3. The molecule has 0 spiro atoms. The van der Waals surface area contributed by atoms with Crippen LogP contribution in [0.2, 0.25) is 0 Å². The highest BCUT2D eigenvalue weighted by molar-refractivity contribution is 5.75. The van der Waals surface area contributed by atoms with Crippen molar-refractivity contribution in [3.8, 4) is 0 Å². The molecule has 0 aliphatic rings. The van der Waals surface area contributed by atoms with Crippen LogP contribution < -0.4 is 5.32 Å². The van der Waals surface area contributed by atoms with Crippen molar-refractivity contribution in [2.45, 2.75) is 13.0 Å². The third-order valence-corrected chi connectivity index (χ3v) is 3.29. The van der Waals surface area contributed by atoms with Crippen molar-refractivity contribution in [3.05, 3.63) is 65.4 Å². The third-order valence-electron chi connectivity index (χ3n) is 3.29. The first-order valence-corrected chi connectivity index (χ1v) is 6.75. The molecular weight excluding hydrogens is 310 g/mol. The fraction of sp³-hybridized carbons (Fsp3) is 0.125. The van der Waals surface area contributed by atoms with Gasteiger partial charge in [0, 0.05) is 24.2 Å². The average molecular weight is 321 g/mol. The highest BCUT2D eigenvalue weighted by Gasteiger charge is 2.08. The zero-order chi connectivity index (χ0) is 16.4. The number of nitrogens with one attached hydrogen (secondary N) is 1. The predicted octanol–water partition coefficient (Wildman–Crippen LogP) is 4.46. The van der Waals surface area contributed by atoms with Crippen LogP contribution in [-0.2, 0) is 6.54 Å². The lowest BCUT2D eigenvalue weighted by atomic mass is 10.1. The molecule has 0 fully saturated rings. The summed E-state index contributed by atoms with van der Waals surface area (Å²) in [6.45, 7) is 0.341. The van der Waals surface area contributed by atoms with E-state index < -0.39 is 18.1 Å². The van der Waals surface area contributed by atoms with Crippen molar-refractivity contribution in [1.29, 1.82) is 0 Å². The van der Waals surface area contributed by atoms with Crippen molar-refractivity contribution in [1.82, 2.24) is 9.97 Å². The summed E-state index contributed by atoms with van der Waals surface area (Å²) in [6, 6.07) is 7.82. The first kappa shape index (κ1) is 15.2. The van der Waals surface area contributed by atoms with Crippen LogP contribution in [0.5, 0.6) is 0 Å². The van der Waals surface area contributed by atoms with Crippen molar-refractivity contribution < 1.29 is 17.6 Å². The minimum Gasteiger partial charge on any atom is -0.365 e. The van der Waals surface area contributed by atoms with Crippen LogP contribution in [0, 0.1) is 11.6 Å². The number of alkyl halides is 2. The lowest BCUT2D eigenvalue weighted by Gasteiger charge is -2.07. The zero-order valence-electron chi connectivity index (χ0n) is 11.7. The predicted molar refractivity (Wildman–Crippen MR) is 78.2 cm³/mol. The molecule has 1 heterocycles. The number of fused-ring (bicyclic) bond motifs is 1. The smallest absolute Gasteiger partial charge is 0.263 e. The molecule has 0 atom stereocenters. The van der Waals surface area contributed by atoms with E-state index in [4.69, 9.17) is 0 Å². The molecule has 1 aromatic heterocycles. The van der Waals surface area contributed by atoms with Crippen LogP contribution in [0.1, 0.15) is 17.6 Å². The Kier molecular flexibility index (Phi) is 4.10. The van der Waals surface area contributed by atoms with E-state index in [1.54, 1.807) is 12.1 Å². The zero-order valence-corrected chi connectivity index (χ0v) is 11.7. The Morgan fingerprint density at radius 3 is 2.26 bits per heavy atom. The molecule has 3 aromatic rings. The van der Waals surface area contributed by atoms with Crippen molar-refractivity contribution in [3.63, 3.8) is 0 Å². The number of anilines is 1. The molecule has 0 radical (unpaired) electrons. The summed E-state index contributed by atoms with van der Waals surface area (Å²) in [7, 11) is 0. The van der Waals surface area contributed by atoms with E-state index in [1.807, 2.05) is 0 Å². The van der Waals surface area contributed by atoms with Crippen LogP contribution in [-0.4, -0.2) is 9.97 Å². The number of benzene rings is 2. The van der Waals surface area contributed by atoms with Gasteiger partial charge in [0.1, 0.15) is 5.82 Å². The van der Waals surface area contributed by atoms with E-state index in [9.17, 15) is 17.6 Å². The fourth-order valence-corrected chi connectivity index (χ4v) is 2.07. The summed E-state index contributed by atoms with van der Waals surface area (Å²) < 4.78 is 51.2. The number of aromatic nitrogens is 2. The molecular formula is C16H11F4N3. The Morgan fingerprint density at radius 1 is 0.957 bits per heavy atom. The fourth-order valence-electron chi connectivity index (χ4n) is 2.07. The van der Waals surface area contributed by atoms with E-state index in [1.165, 1.54) is 18.3 Å². The largest absolute Gasteiger partial charge is 0.365 e. The van der Waals surface area contributed by atoms with Crippen LogP contribution in [0.25, 0.3) is 11.0 Å². The summed E-state index contributed by atoms with van der Waals surface area (Å²) >= 11 is 0. The van der Waals surface area contributed by atoms with Gasteiger partial charge in [0.25, 0.3) is 6.43 Å². The maximum Gasteiger partial charge on any atom is 0.263 e. The molecule has 0 unspecified atom stereocenters. The van der Waals surface area contributed by atoms with Gasteiger partial charge in [-0.3, -0.25) is 4.98 Å². The summed E-state index contributed by atoms with van der Waals surface area (Å²) in [5, 5.41) is 2.96. The first-order chi connectivity index (χ1) is 11.0. The maximum absolute atomic E-state index is 13.2. The van der Waals surface area contributed by atoms with Gasteiger partial charge in [0.2, 0.25) is 0 Å². The molecule has 1 N–H and O–H groups in total. The van der Waals surface area contributed by atoms with Gasteiger partial charge < -0.3 is 5.32 Å². The molecule has 3 rings (SSSR count). The van der Waals surface area contributed by atoms with E-state index in [-0.39, 0.29) is 16.6 Å². The maximum atomic E-state index is 13.2.